The first-order valence-corrected chi connectivity index (χ1v) is 6.88. The fourth-order valence-corrected chi connectivity index (χ4v) is 2.64. The number of hydrogen-bond acceptors (Lipinski definition) is 1. The van der Waals surface area contributed by atoms with Crippen LogP contribution in [0.25, 0.3) is 0 Å². The van der Waals surface area contributed by atoms with E-state index in [0.717, 1.165) is 38.3 Å². The number of carbonyl (C=O) groups is 1. The van der Waals surface area contributed by atoms with Crippen LogP contribution in [0.4, 0.5) is 0 Å². The van der Waals surface area contributed by atoms with Crippen LogP contribution >= 0.6 is 0 Å². The van der Waals surface area contributed by atoms with Gasteiger partial charge in [-0.3, -0.25) is 4.79 Å². The molecule has 1 rings (SSSR count). The van der Waals surface area contributed by atoms with Crippen molar-refractivity contribution in [3.05, 3.63) is 0 Å². The van der Waals surface area contributed by atoms with Crippen molar-refractivity contribution in [2.24, 2.45) is 17.8 Å². The van der Waals surface area contributed by atoms with Gasteiger partial charge in [-0.05, 0) is 31.1 Å². The highest BCUT2D eigenvalue weighted by Crippen LogP contribution is 2.26. The summed E-state index contributed by atoms with van der Waals surface area (Å²) in [6, 6.07) is 0. The zero-order valence-electron chi connectivity index (χ0n) is 11.3. The van der Waals surface area contributed by atoms with Gasteiger partial charge in [0.1, 0.15) is 0 Å². The van der Waals surface area contributed by atoms with Gasteiger partial charge in [-0.1, -0.05) is 34.1 Å². The number of likely N-dealkylation sites (tertiary alicyclic amines) is 1. The Morgan fingerprint density at radius 1 is 1.38 bits per heavy atom. The Morgan fingerprint density at radius 3 is 2.50 bits per heavy atom. The molecule has 94 valence electrons. The second kappa shape index (κ2) is 6.27. The van der Waals surface area contributed by atoms with Crippen LogP contribution in [-0.4, -0.2) is 23.9 Å². The summed E-state index contributed by atoms with van der Waals surface area (Å²) >= 11 is 0. The summed E-state index contributed by atoms with van der Waals surface area (Å²) in [7, 11) is 0. The van der Waals surface area contributed by atoms with Crippen molar-refractivity contribution in [2.45, 2.75) is 53.4 Å². The molecular weight excluding hydrogens is 198 g/mol. The van der Waals surface area contributed by atoms with Crippen molar-refractivity contribution in [3.8, 4) is 0 Å². The predicted molar refractivity (Wildman–Crippen MR) is 68.2 cm³/mol. The molecule has 0 aromatic rings. The van der Waals surface area contributed by atoms with E-state index >= 15 is 0 Å². The molecule has 2 nitrogen and oxygen atoms in total. The largest absolute Gasteiger partial charge is 0.342 e. The smallest absolute Gasteiger partial charge is 0.225 e. The number of carbonyl (C=O) groups excluding carboxylic acids is 1. The van der Waals surface area contributed by atoms with Gasteiger partial charge >= 0.3 is 0 Å². The average molecular weight is 225 g/mol. The molecule has 0 aromatic carbocycles. The molecule has 1 saturated heterocycles. The van der Waals surface area contributed by atoms with Gasteiger partial charge in [0.05, 0.1) is 0 Å². The van der Waals surface area contributed by atoms with Crippen LogP contribution < -0.4 is 0 Å². The van der Waals surface area contributed by atoms with Crippen LogP contribution in [0, 0.1) is 17.8 Å². The summed E-state index contributed by atoms with van der Waals surface area (Å²) in [5, 5.41) is 0. The highest BCUT2D eigenvalue weighted by molar-refractivity contribution is 5.79. The van der Waals surface area contributed by atoms with Gasteiger partial charge in [-0.15, -0.1) is 0 Å². The summed E-state index contributed by atoms with van der Waals surface area (Å²) in [4.78, 5) is 14.4. The van der Waals surface area contributed by atoms with Crippen LogP contribution in [0.15, 0.2) is 0 Å². The monoisotopic (exact) mass is 225 g/mol. The molecule has 1 amide bonds. The van der Waals surface area contributed by atoms with Crippen LogP contribution in [0.1, 0.15) is 53.4 Å². The zero-order valence-corrected chi connectivity index (χ0v) is 11.3. The molecule has 0 spiro atoms. The average Bonchev–Trinajstić information content (AvgIpc) is 2.74. The van der Waals surface area contributed by atoms with Gasteiger partial charge < -0.3 is 4.90 Å². The molecule has 1 aliphatic heterocycles. The van der Waals surface area contributed by atoms with Gasteiger partial charge in [0.25, 0.3) is 0 Å². The number of hydrogen-bond donors (Lipinski definition) is 0. The molecule has 0 radical (unpaired) electrons. The Kier molecular flexibility index (Phi) is 5.30. The number of amides is 1. The summed E-state index contributed by atoms with van der Waals surface area (Å²) < 4.78 is 0. The molecule has 0 bridgehead atoms. The molecule has 2 unspecified atom stereocenters. The molecule has 0 saturated carbocycles. The minimum Gasteiger partial charge on any atom is -0.342 e. The van der Waals surface area contributed by atoms with Crippen LogP contribution in [0.2, 0.25) is 0 Å². The van der Waals surface area contributed by atoms with E-state index in [-0.39, 0.29) is 5.92 Å². The SMILES string of the molecule is CCCC(CC)C(=O)N1CCC(C(C)C)C1. The summed E-state index contributed by atoms with van der Waals surface area (Å²) in [5.41, 5.74) is 0. The zero-order chi connectivity index (χ0) is 12.1. The van der Waals surface area contributed by atoms with E-state index in [1.807, 2.05) is 0 Å². The van der Waals surface area contributed by atoms with E-state index in [1.54, 1.807) is 0 Å². The standard InChI is InChI=1S/C14H27NO/c1-5-7-12(6-2)14(16)15-9-8-13(10-15)11(3)4/h11-13H,5-10H2,1-4H3. The van der Waals surface area contributed by atoms with Crippen LogP contribution in [0.3, 0.4) is 0 Å². The van der Waals surface area contributed by atoms with Crippen molar-refractivity contribution in [3.63, 3.8) is 0 Å². The van der Waals surface area contributed by atoms with Gasteiger partial charge in [-0.25, -0.2) is 0 Å². The minimum atomic E-state index is 0.274. The fraction of sp³-hybridized carbons (Fsp3) is 0.929. The lowest BCUT2D eigenvalue weighted by molar-refractivity contribution is -0.135. The maximum absolute atomic E-state index is 12.3. The predicted octanol–water partition coefficient (Wildman–Crippen LogP) is 3.32. The summed E-state index contributed by atoms with van der Waals surface area (Å²) in [6.07, 6.45) is 4.37. The first-order valence-electron chi connectivity index (χ1n) is 6.88. The molecule has 1 aliphatic rings. The molecule has 0 aromatic heterocycles. The molecule has 0 N–H and O–H groups in total. The fourth-order valence-electron chi connectivity index (χ4n) is 2.64. The van der Waals surface area contributed by atoms with Crippen molar-refractivity contribution in [1.29, 1.82) is 0 Å². The number of rotatable bonds is 5. The van der Waals surface area contributed by atoms with Crippen LogP contribution in [0.5, 0.6) is 0 Å². The molecule has 1 heterocycles. The Morgan fingerprint density at radius 2 is 2.06 bits per heavy atom. The highest BCUT2D eigenvalue weighted by atomic mass is 16.2. The second-order valence-electron chi connectivity index (χ2n) is 5.47. The first-order chi connectivity index (χ1) is 7.60. The number of nitrogens with zero attached hydrogens (tertiary/aromatic N) is 1. The lowest BCUT2D eigenvalue weighted by atomic mass is 9.95. The molecule has 2 heteroatoms. The third-order valence-electron chi connectivity index (χ3n) is 3.96. The maximum atomic E-state index is 12.3. The van der Waals surface area contributed by atoms with E-state index < -0.39 is 0 Å². The van der Waals surface area contributed by atoms with Crippen molar-refractivity contribution in [2.75, 3.05) is 13.1 Å². The third kappa shape index (κ3) is 3.23. The van der Waals surface area contributed by atoms with Gasteiger partial charge in [0.2, 0.25) is 5.91 Å². The normalized spacial score (nSPS) is 22.8. The third-order valence-corrected chi connectivity index (χ3v) is 3.96. The Labute approximate surface area is 100 Å². The van der Waals surface area contributed by atoms with Crippen molar-refractivity contribution in [1.82, 2.24) is 4.90 Å². The first kappa shape index (κ1) is 13.5. The van der Waals surface area contributed by atoms with Gasteiger partial charge in [0.15, 0.2) is 0 Å². The van der Waals surface area contributed by atoms with Crippen molar-refractivity contribution >= 4 is 5.91 Å². The summed E-state index contributed by atoms with van der Waals surface area (Å²) in [5.74, 6) is 2.12. The van der Waals surface area contributed by atoms with E-state index in [2.05, 4.69) is 32.6 Å². The lowest BCUT2D eigenvalue weighted by Gasteiger charge is -2.23. The quantitative estimate of drug-likeness (QED) is 0.703. The van der Waals surface area contributed by atoms with E-state index in [0.29, 0.717) is 11.8 Å². The Hall–Kier alpha value is -0.530. The molecule has 1 fully saturated rings. The molecular formula is C14H27NO. The second-order valence-corrected chi connectivity index (χ2v) is 5.47. The Balaban J connectivity index is 2.49. The summed E-state index contributed by atoms with van der Waals surface area (Å²) in [6.45, 7) is 10.8. The van der Waals surface area contributed by atoms with Crippen molar-refractivity contribution < 1.29 is 4.79 Å². The molecule has 0 aliphatic carbocycles. The molecule has 16 heavy (non-hydrogen) atoms. The lowest BCUT2D eigenvalue weighted by Crippen LogP contribution is -2.34. The van der Waals surface area contributed by atoms with Gasteiger partial charge in [0, 0.05) is 19.0 Å². The Bertz CT molecular complexity index is 225. The maximum Gasteiger partial charge on any atom is 0.225 e. The van der Waals surface area contributed by atoms with Crippen LogP contribution in [-0.2, 0) is 4.79 Å². The molecule has 2 atom stereocenters. The topological polar surface area (TPSA) is 20.3 Å². The van der Waals surface area contributed by atoms with Gasteiger partial charge in [-0.2, -0.15) is 0 Å². The minimum absolute atomic E-state index is 0.274. The highest BCUT2D eigenvalue weighted by Gasteiger charge is 2.30. The van der Waals surface area contributed by atoms with E-state index in [4.69, 9.17) is 0 Å². The van der Waals surface area contributed by atoms with E-state index in [9.17, 15) is 4.79 Å². The van der Waals surface area contributed by atoms with E-state index in [1.165, 1.54) is 6.42 Å².